The quantitative estimate of drug-likeness (QED) is 0.894. The van der Waals surface area contributed by atoms with Crippen molar-refractivity contribution < 1.29 is 9.53 Å². The minimum absolute atomic E-state index is 0.0534. The van der Waals surface area contributed by atoms with Gasteiger partial charge in [-0.15, -0.1) is 0 Å². The Morgan fingerprint density at radius 3 is 2.84 bits per heavy atom. The molecule has 0 unspecified atom stereocenters. The number of amides is 1. The second-order valence-corrected chi connectivity index (χ2v) is 5.96. The third kappa shape index (κ3) is 3.96. The van der Waals surface area contributed by atoms with Crippen molar-refractivity contribution in [3.63, 3.8) is 0 Å². The molecule has 1 saturated carbocycles. The second-order valence-electron chi connectivity index (χ2n) is 5.04. The molecule has 0 aliphatic heterocycles. The number of ether oxygens (including phenoxy) is 1. The van der Waals surface area contributed by atoms with Crippen molar-refractivity contribution in [2.24, 2.45) is 5.92 Å². The van der Waals surface area contributed by atoms with Crippen LogP contribution in [0.15, 0.2) is 22.7 Å². The van der Waals surface area contributed by atoms with E-state index in [9.17, 15) is 4.79 Å². The highest BCUT2D eigenvalue weighted by Crippen LogP contribution is 2.27. The summed E-state index contributed by atoms with van der Waals surface area (Å²) < 4.78 is 6.15. The molecule has 4 heteroatoms. The molecule has 0 atom stereocenters. The predicted octanol–water partition coefficient (Wildman–Crippen LogP) is 3.77. The monoisotopic (exact) mass is 325 g/mol. The summed E-state index contributed by atoms with van der Waals surface area (Å²) in [6.07, 6.45) is 6.41. The molecule has 1 fully saturated rings. The summed E-state index contributed by atoms with van der Waals surface area (Å²) >= 11 is 3.37. The lowest BCUT2D eigenvalue weighted by atomic mass is 10.0. The van der Waals surface area contributed by atoms with E-state index in [4.69, 9.17) is 4.74 Å². The molecule has 0 saturated heterocycles. The number of hydrogen-bond donors (Lipinski definition) is 1. The molecule has 0 bridgehead atoms. The Balaban J connectivity index is 1.88. The van der Waals surface area contributed by atoms with Gasteiger partial charge < -0.3 is 10.1 Å². The fraction of sp³-hybridized carbons (Fsp3) is 0.533. The van der Waals surface area contributed by atoms with E-state index in [1.165, 1.54) is 25.7 Å². The molecule has 0 radical (unpaired) electrons. The second kappa shape index (κ2) is 6.94. The normalized spacial score (nSPS) is 15.5. The zero-order chi connectivity index (χ0) is 13.7. The number of halogens is 1. The Labute approximate surface area is 122 Å². The summed E-state index contributed by atoms with van der Waals surface area (Å²) in [4.78, 5) is 12.1. The van der Waals surface area contributed by atoms with E-state index in [0.717, 1.165) is 23.4 Å². The minimum atomic E-state index is -0.0534. The molecule has 0 aromatic heterocycles. The molecule has 1 aromatic rings. The first-order chi connectivity index (χ1) is 9.20. The molecular formula is C15H20BrNO2. The average molecular weight is 326 g/mol. The van der Waals surface area contributed by atoms with Gasteiger partial charge in [-0.05, 0) is 30.5 Å². The van der Waals surface area contributed by atoms with Crippen molar-refractivity contribution in [3.05, 3.63) is 28.2 Å². The van der Waals surface area contributed by atoms with Crippen LogP contribution in [0.1, 0.15) is 42.5 Å². The molecular weight excluding hydrogens is 306 g/mol. The highest BCUT2D eigenvalue weighted by atomic mass is 79.9. The zero-order valence-corrected chi connectivity index (χ0v) is 12.8. The van der Waals surface area contributed by atoms with Crippen LogP contribution in [0, 0.1) is 5.92 Å². The molecule has 19 heavy (non-hydrogen) atoms. The molecule has 1 aromatic carbocycles. The van der Waals surface area contributed by atoms with E-state index in [1.807, 2.05) is 12.1 Å². The smallest absolute Gasteiger partial charge is 0.255 e. The molecule has 1 amide bonds. The molecule has 0 heterocycles. The largest absolute Gasteiger partial charge is 0.496 e. The predicted molar refractivity (Wildman–Crippen MR) is 79.6 cm³/mol. The minimum Gasteiger partial charge on any atom is -0.496 e. The fourth-order valence-electron chi connectivity index (χ4n) is 2.64. The first kappa shape index (κ1) is 14.4. The van der Waals surface area contributed by atoms with Crippen LogP contribution in [0.5, 0.6) is 5.75 Å². The molecule has 1 aliphatic rings. The van der Waals surface area contributed by atoms with Gasteiger partial charge in [0.2, 0.25) is 0 Å². The maximum atomic E-state index is 12.1. The van der Waals surface area contributed by atoms with E-state index in [1.54, 1.807) is 13.2 Å². The van der Waals surface area contributed by atoms with E-state index in [-0.39, 0.29) is 5.91 Å². The van der Waals surface area contributed by atoms with E-state index in [0.29, 0.717) is 11.3 Å². The summed E-state index contributed by atoms with van der Waals surface area (Å²) in [6, 6.07) is 5.45. The Hall–Kier alpha value is -1.03. The van der Waals surface area contributed by atoms with Crippen molar-refractivity contribution in [3.8, 4) is 5.75 Å². The highest BCUT2D eigenvalue weighted by Gasteiger charge is 2.16. The molecule has 104 valence electrons. The molecule has 1 aliphatic carbocycles. The highest BCUT2D eigenvalue weighted by molar-refractivity contribution is 9.10. The van der Waals surface area contributed by atoms with Crippen molar-refractivity contribution in [1.29, 1.82) is 0 Å². The van der Waals surface area contributed by atoms with Crippen molar-refractivity contribution in [1.82, 2.24) is 5.32 Å². The van der Waals surface area contributed by atoms with Crippen LogP contribution >= 0.6 is 15.9 Å². The van der Waals surface area contributed by atoms with Gasteiger partial charge in [-0.1, -0.05) is 41.6 Å². The lowest BCUT2D eigenvalue weighted by molar-refractivity contribution is 0.0948. The van der Waals surface area contributed by atoms with Crippen molar-refractivity contribution in [2.45, 2.75) is 32.1 Å². The summed E-state index contributed by atoms with van der Waals surface area (Å²) in [6.45, 7) is 0.753. The Kier molecular flexibility index (Phi) is 5.25. The first-order valence-corrected chi connectivity index (χ1v) is 7.61. The topological polar surface area (TPSA) is 38.3 Å². The number of hydrogen-bond acceptors (Lipinski definition) is 2. The molecule has 0 spiro atoms. The summed E-state index contributed by atoms with van der Waals surface area (Å²) in [5, 5.41) is 2.99. The van der Waals surface area contributed by atoms with Gasteiger partial charge in [0.05, 0.1) is 12.7 Å². The summed E-state index contributed by atoms with van der Waals surface area (Å²) in [5.74, 6) is 1.35. The maximum Gasteiger partial charge on any atom is 0.255 e. The number of methoxy groups -OCH3 is 1. The Morgan fingerprint density at radius 1 is 1.42 bits per heavy atom. The van der Waals surface area contributed by atoms with Gasteiger partial charge in [0.25, 0.3) is 5.91 Å². The van der Waals surface area contributed by atoms with Gasteiger partial charge in [-0.3, -0.25) is 4.79 Å². The maximum absolute atomic E-state index is 12.1. The molecule has 2 rings (SSSR count). The summed E-state index contributed by atoms with van der Waals surface area (Å²) in [7, 11) is 1.58. The molecule has 3 nitrogen and oxygen atoms in total. The van der Waals surface area contributed by atoms with Gasteiger partial charge in [0.15, 0.2) is 0 Å². The lowest BCUT2D eigenvalue weighted by Gasteiger charge is -2.12. The Bertz CT molecular complexity index is 442. The van der Waals surface area contributed by atoms with E-state index in [2.05, 4.69) is 21.2 Å². The number of carbonyl (C=O) groups is 1. The number of rotatable bonds is 5. The average Bonchev–Trinajstić information content (AvgIpc) is 2.91. The third-order valence-corrected chi connectivity index (χ3v) is 4.21. The van der Waals surface area contributed by atoms with Crippen LogP contribution in [-0.2, 0) is 0 Å². The van der Waals surface area contributed by atoms with Crippen LogP contribution < -0.4 is 10.1 Å². The number of carbonyl (C=O) groups excluding carboxylic acids is 1. The van der Waals surface area contributed by atoms with Crippen molar-refractivity contribution in [2.75, 3.05) is 13.7 Å². The van der Waals surface area contributed by atoms with Crippen LogP contribution in [0.25, 0.3) is 0 Å². The molecule has 1 N–H and O–H groups in total. The van der Waals surface area contributed by atoms with Gasteiger partial charge >= 0.3 is 0 Å². The Morgan fingerprint density at radius 2 is 2.16 bits per heavy atom. The van der Waals surface area contributed by atoms with Crippen LogP contribution in [0.3, 0.4) is 0 Å². The third-order valence-electron chi connectivity index (χ3n) is 3.72. The zero-order valence-electron chi connectivity index (χ0n) is 11.2. The fourth-order valence-corrected chi connectivity index (χ4v) is 2.98. The van der Waals surface area contributed by atoms with E-state index < -0.39 is 0 Å². The number of benzene rings is 1. The standard InChI is InChI=1S/C15H20BrNO2/c1-19-14-10-12(16)6-7-13(14)15(18)17-9-8-11-4-2-3-5-11/h6-7,10-11H,2-5,8-9H2,1H3,(H,17,18). The van der Waals surface area contributed by atoms with E-state index >= 15 is 0 Å². The van der Waals surface area contributed by atoms with Crippen LogP contribution in [-0.4, -0.2) is 19.6 Å². The first-order valence-electron chi connectivity index (χ1n) is 6.82. The van der Waals surface area contributed by atoms with Gasteiger partial charge in [0.1, 0.15) is 5.75 Å². The summed E-state index contributed by atoms with van der Waals surface area (Å²) in [5.41, 5.74) is 0.595. The lowest BCUT2D eigenvalue weighted by Crippen LogP contribution is -2.26. The van der Waals surface area contributed by atoms with Crippen LogP contribution in [0.4, 0.5) is 0 Å². The SMILES string of the molecule is COc1cc(Br)ccc1C(=O)NCCC1CCCC1. The number of nitrogens with one attached hydrogen (secondary N) is 1. The van der Waals surface area contributed by atoms with Gasteiger partial charge in [0, 0.05) is 11.0 Å². The van der Waals surface area contributed by atoms with Gasteiger partial charge in [-0.25, -0.2) is 0 Å². The van der Waals surface area contributed by atoms with Crippen LogP contribution in [0.2, 0.25) is 0 Å². The van der Waals surface area contributed by atoms with Crippen molar-refractivity contribution >= 4 is 21.8 Å². The van der Waals surface area contributed by atoms with Gasteiger partial charge in [-0.2, -0.15) is 0 Å².